The molecule has 52 heavy (non-hydrogen) atoms. The Labute approximate surface area is 298 Å². The van der Waals surface area contributed by atoms with Gasteiger partial charge in [-0.2, -0.15) is 26.3 Å². The average Bonchev–Trinajstić information content (AvgIpc) is 3.08. The second kappa shape index (κ2) is 17.1. The fourth-order valence-electron chi connectivity index (χ4n) is 5.48. The Morgan fingerprint density at radius 2 is 1.23 bits per heavy atom. The molecule has 0 fully saturated rings. The number of alkyl halides is 6. The van der Waals surface area contributed by atoms with Crippen LogP contribution in [0.5, 0.6) is 5.75 Å². The smallest absolute Gasteiger partial charge is 0.416 e. The molecule has 278 valence electrons. The van der Waals surface area contributed by atoms with Crippen molar-refractivity contribution in [2.75, 3.05) is 19.8 Å². The number of ether oxygens (including phenoxy) is 2. The normalized spacial score (nSPS) is 12.1. The first-order chi connectivity index (χ1) is 24.4. The van der Waals surface area contributed by atoms with Gasteiger partial charge in [0.1, 0.15) is 5.75 Å². The molecule has 0 saturated carbocycles. The Balaban J connectivity index is 1.49. The van der Waals surface area contributed by atoms with Crippen LogP contribution >= 0.6 is 0 Å². The van der Waals surface area contributed by atoms with Crippen LogP contribution in [0.3, 0.4) is 0 Å². The molecule has 4 rings (SSSR count). The highest BCUT2D eigenvalue weighted by Crippen LogP contribution is 2.43. The number of carbonyl (C=O) groups excluding carboxylic acids is 1. The van der Waals surface area contributed by atoms with E-state index in [-0.39, 0.29) is 45.5 Å². The molecule has 0 aliphatic rings. The number of hydrogen-bond donors (Lipinski definition) is 2. The fourth-order valence-corrected chi connectivity index (χ4v) is 5.48. The topological polar surface area (TPSA) is 84.9 Å². The highest BCUT2D eigenvalue weighted by molar-refractivity contribution is 5.99. The van der Waals surface area contributed by atoms with E-state index in [1.54, 1.807) is 0 Å². The van der Waals surface area contributed by atoms with E-state index in [1.807, 2.05) is 0 Å². The van der Waals surface area contributed by atoms with Gasteiger partial charge in [0.15, 0.2) is 6.61 Å². The van der Waals surface area contributed by atoms with E-state index in [9.17, 15) is 41.0 Å². The number of carboxylic acids is 1. The van der Waals surface area contributed by atoms with Crippen LogP contribution in [0.4, 0.5) is 26.3 Å². The number of carboxylic acid groups (broad SMARTS) is 1. The van der Waals surface area contributed by atoms with Gasteiger partial charge in [-0.25, -0.2) is 4.79 Å². The molecule has 0 aliphatic heterocycles. The summed E-state index contributed by atoms with van der Waals surface area (Å²) in [6.45, 7) is 6.86. The summed E-state index contributed by atoms with van der Waals surface area (Å²) in [4.78, 5) is 24.9. The first-order valence-corrected chi connectivity index (χ1v) is 16.8. The maximum absolute atomic E-state index is 13.7. The number of benzene rings is 4. The maximum atomic E-state index is 13.7. The zero-order valence-corrected chi connectivity index (χ0v) is 29.1. The lowest BCUT2D eigenvalue weighted by molar-refractivity contribution is -0.139. The first-order valence-electron chi connectivity index (χ1n) is 16.8. The van der Waals surface area contributed by atoms with Gasteiger partial charge in [-0.1, -0.05) is 82.1 Å². The van der Waals surface area contributed by atoms with Gasteiger partial charge < -0.3 is 19.9 Å². The van der Waals surface area contributed by atoms with Gasteiger partial charge in [0.2, 0.25) is 0 Å². The number of amides is 1. The van der Waals surface area contributed by atoms with Crippen molar-refractivity contribution < 1.29 is 50.5 Å². The third-order valence-corrected chi connectivity index (χ3v) is 8.28. The van der Waals surface area contributed by atoms with Crippen molar-refractivity contribution in [3.63, 3.8) is 0 Å². The van der Waals surface area contributed by atoms with Gasteiger partial charge in [0, 0.05) is 29.8 Å². The molecule has 0 spiro atoms. The molecular weight excluding hydrogens is 688 g/mol. The average molecular weight is 730 g/mol. The summed E-state index contributed by atoms with van der Waals surface area (Å²) in [5.74, 6) is -2.34. The molecule has 1 amide bonds. The molecule has 0 saturated heterocycles. The van der Waals surface area contributed by atoms with Crippen LogP contribution in [0.1, 0.15) is 79.1 Å². The Kier molecular flexibility index (Phi) is 13.1. The summed E-state index contributed by atoms with van der Waals surface area (Å²) in [5, 5.41) is 12.1. The third-order valence-electron chi connectivity index (χ3n) is 8.28. The molecule has 0 atom stereocenters. The predicted molar refractivity (Wildman–Crippen MR) is 186 cm³/mol. The molecule has 0 aromatic heterocycles. The van der Waals surface area contributed by atoms with E-state index >= 15 is 0 Å². The minimum Gasteiger partial charge on any atom is -0.481 e. The van der Waals surface area contributed by atoms with Crippen molar-refractivity contribution in [2.45, 2.75) is 70.8 Å². The van der Waals surface area contributed by atoms with Crippen LogP contribution in [0, 0.1) is 0 Å². The van der Waals surface area contributed by atoms with E-state index < -0.39 is 42.0 Å². The lowest BCUT2D eigenvalue weighted by Crippen LogP contribution is -2.24. The van der Waals surface area contributed by atoms with Crippen LogP contribution in [-0.2, 0) is 33.9 Å². The van der Waals surface area contributed by atoms with Gasteiger partial charge in [0.25, 0.3) is 5.91 Å². The molecule has 0 radical (unpaired) electrons. The first kappa shape index (κ1) is 39.9. The number of halogens is 6. The lowest BCUT2D eigenvalue weighted by atomic mass is 9.87. The molecule has 0 unspecified atom stereocenters. The zero-order chi connectivity index (χ0) is 38.1. The summed E-state index contributed by atoms with van der Waals surface area (Å²) in [6, 6.07) is 19.0. The SMILES string of the molecule is CC(C)(C)c1ccc(COCCCCCCNC(=O)c2cc(-c3cccc(C(F)(F)F)c3)c(OCC(=O)O)c(-c3cccc(C(F)(F)F)c3)c2)cc1. The second-order valence-electron chi connectivity index (χ2n) is 13.4. The van der Waals surface area contributed by atoms with Crippen molar-refractivity contribution >= 4 is 11.9 Å². The number of unbranched alkanes of at least 4 members (excludes halogenated alkanes) is 3. The Morgan fingerprint density at radius 1 is 0.692 bits per heavy atom. The lowest BCUT2D eigenvalue weighted by Gasteiger charge is -2.19. The van der Waals surface area contributed by atoms with Crippen molar-refractivity contribution in [3.05, 3.63) is 113 Å². The third kappa shape index (κ3) is 11.3. The quantitative estimate of drug-likeness (QED) is 0.0940. The molecule has 0 bridgehead atoms. The highest BCUT2D eigenvalue weighted by atomic mass is 19.4. The van der Waals surface area contributed by atoms with Gasteiger partial charge in [-0.3, -0.25) is 4.79 Å². The van der Waals surface area contributed by atoms with E-state index in [0.717, 1.165) is 61.2 Å². The van der Waals surface area contributed by atoms with Crippen LogP contribution in [0.25, 0.3) is 22.3 Å². The molecular formula is C40H41F6NO5. The summed E-state index contributed by atoms with van der Waals surface area (Å²) < 4.78 is 93.3. The van der Waals surface area contributed by atoms with Gasteiger partial charge >= 0.3 is 18.3 Å². The molecule has 0 aliphatic carbocycles. The number of rotatable bonds is 15. The molecule has 4 aromatic rings. The van der Waals surface area contributed by atoms with Crippen LogP contribution < -0.4 is 10.1 Å². The molecule has 0 heterocycles. The van der Waals surface area contributed by atoms with Crippen molar-refractivity contribution in [3.8, 4) is 28.0 Å². The Hall–Kier alpha value is -4.84. The van der Waals surface area contributed by atoms with Crippen LogP contribution in [0.2, 0.25) is 0 Å². The molecule has 4 aromatic carbocycles. The predicted octanol–water partition coefficient (Wildman–Crippen LogP) is 10.3. The summed E-state index contributed by atoms with van der Waals surface area (Å²) in [5.41, 5.74) is -0.0607. The fraction of sp³-hybridized carbons (Fsp3) is 0.350. The maximum Gasteiger partial charge on any atom is 0.416 e. The molecule has 6 nitrogen and oxygen atoms in total. The number of carbonyl (C=O) groups is 2. The van der Waals surface area contributed by atoms with Crippen LogP contribution in [0.15, 0.2) is 84.9 Å². The van der Waals surface area contributed by atoms with E-state index in [0.29, 0.717) is 19.6 Å². The van der Waals surface area contributed by atoms with Crippen LogP contribution in [-0.4, -0.2) is 36.7 Å². The monoisotopic (exact) mass is 729 g/mol. The van der Waals surface area contributed by atoms with Crippen molar-refractivity contribution in [2.24, 2.45) is 0 Å². The number of hydrogen-bond acceptors (Lipinski definition) is 4. The second-order valence-corrected chi connectivity index (χ2v) is 13.4. The standard InChI is InChI=1S/C40H41F6NO5/c1-38(2,3)30-16-14-26(15-17-30)24-51-19-7-5-4-6-18-47-37(50)29-22-33(27-10-8-12-31(20-27)39(41,42)43)36(52-25-35(48)49)34(23-29)28-11-9-13-32(21-28)40(44,45)46/h8-17,20-23H,4-7,18-19,24-25H2,1-3H3,(H,47,50)(H,48,49). The Bertz CT molecular complexity index is 1750. The minimum atomic E-state index is -4.73. The number of nitrogens with one attached hydrogen (secondary N) is 1. The minimum absolute atomic E-state index is 0.0635. The van der Waals surface area contributed by atoms with Gasteiger partial charge in [-0.05, 0) is 76.9 Å². The molecule has 12 heteroatoms. The number of aliphatic carboxylic acids is 1. The van der Waals surface area contributed by atoms with Gasteiger partial charge in [0.05, 0.1) is 17.7 Å². The Morgan fingerprint density at radius 3 is 1.73 bits per heavy atom. The van der Waals surface area contributed by atoms with E-state index in [4.69, 9.17) is 9.47 Å². The summed E-state index contributed by atoms with van der Waals surface area (Å²) >= 11 is 0. The van der Waals surface area contributed by atoms with E-state index in [1.165, 1.54) is 29.8 Å². The largest absolute Gasteiger partial charge is 0.481 e. The van der Waals surface area contributed by atoms with Crippen molar-refractivity contribution in [1.82, 2.24) is 5.32 Å². The zero-order valence-electron chi connectivity index (χ0n) is 29.1. The van der Waals surface area contributed by atoms with Gasteiger partial charge in [-0.15, -0.1) is 0 Å². The van der Waals surface area contributed by atoms with Crippen molar-refractivity contribution in [1.29, 1.82) is 0 Å². The summed E-state index contributed by atoms with van der Waals surface area (Å²) in [6.07, 6.45) is -6.43. The van der Waals surface area contributed by atoms with E-state index in [2.05, 4.69) is 50.4 Å². The molecule has 2 N–H and O–H groups in total. The summed E-state index contributed by atoms with van der Waals surface area (Å²) in [7, 11) is 0. The highest BCUT2D eigenvalue weighted by Gasteiger charge is 2.32.